The lowest BCUT2D eigenvalue weighted by Crippen LogP contribution is -2.31. The average Bonchev–Trinajstić information content (AvgIpc) is 3.20. The molecule has 0 radical (unpaired) electrons. The van der Waals surface area contributed by atoms with Crippen LogP contribution in [0.15, 0.2) is 77.8 Å². The smallest absolute Gasteiger partial charge is 0.490 e. The zero-order valence-electron chi connectivity index (χ0n) is 20.6. The van der Waals surface area contributed by atoms with Gasteiger partial charge in [-0.1, -0.05) is 42.5 Å². The van der Waals surface area contributed by atoms with Crippen molar-refractivity contribution in [1.29, 1.82) is 0 Å². The van der Waals surface area contributed by atoms with Crippen molar-refractivity contribution in [3.8, 4) is 5.88 Å². The topological polar surface area (TPSA) is 104 Å². The molecule has 38 heavy (non-hydrogen) atoms. The van der Waals surface area contributed by atoms with Gasteiger partial charge < -0.3 is 20.6 Å². The number of hydrogen-bond donors (Lipinski definition) is 3. The number of aromatic amines is 1. The summed E-state index contributed by atoms with van der Waals surface area (Å²) in [5.74, 6) is -2.19. The van der Waals surface area contributed by atoms with Crippen LogP contribution in [0.3, 0.4) is 0 Å². The van der Waals surface area contributed by atoms with Gasteiger partial charge in [0, 0.05) is 36.2 Å². The third-order valence-corrected chi connectivity index (χ3v) is 5.93. The van der Waals surface area contributed by atoms with E-state index < -0.39 is 12.1 Å². The first kappa shape index (κ1) is 26.7. The summed E-state index contributed by atoms with van der Waals surface area (Å²) in [7, 11) is 0. The first-order valence-electron chi connectivity index (χ1n) is 11.8. The van der Waals surface area contributed by atoms with Crippen LogP contribution in [0.5, 0.6) is 5.88 Å². The third-order valence-electron chi connectivity index (χ3n) is 5.93. The van der Waals surface area contributed by atoms with Crippen molar-refractivity contribution in [2.45, 2.75) is 26.2 Å². The predicted molar refractivity (Wildman–Crippen MR) is 140 cm³/mol. The van der Waals surface area contributed by atoms with Crippen molar-refractivity contribution in [1.82, 2.24) is 9.88 Å². The van der Waals surface area contributed by atoms with E-state index >= 15 is 0 Å². The maximum absolute atomic E-state index is 12.5. The predicted octanol–water partition coefficient (Wildman–Crippen LogP) is 5.70. The molecule has 4 rings (SSSR count). The van der Waals surface area contributed by atoms with Crippen molar-refractivity contribution in [2.24, 2.45) is 4.99 Å². The number of nitrogen functional groups attached to an aromatic ring is 1. The molecule has 0 saturated carbocycles. The number of carbonyl (C=O) groups excluding carboxylic acids is 1. The number of rotatable bonds is 9. The van der Waals surface area contributed by atoms with E-state index in [4.69, 9.17) is 5.73 Å². The van der Waals surface area contributed by atoms with E-state index in [0.717, 1.165) is 22.0 Å². The lowest BCUT2D eigenvalue weighted by molar-refractivity contribution is -0.200. The molecule has 7 nitrogen and oxygen atoms in total. The highest BCUT2D eigenvalue weighted by molar-refractivity contribution is 6.13. The van der Waals surface area contributed by atoms with Crippen LogP contribution in [0.2, 0.25) is 0 Å². The van der Waals surface area contributed by atoms with Crippen molar-refractivity contribution >= 4 is 34.0 Å². The second kappa shape index (κ2) is 11.4. The molecule has 0 bridgehead atoms. The highest BCUT2D eigenvalue weighted by atomic mass is 19.4. The number of alkyl halides is 3. The first-order valence-corrected chi connectivity index (χ1v) is 11.8. The molecule has 3 aromatic carbocycles. The molecule has 0 aliphatic carbocycles. The van der Waals surface area contributed by atoms with Crippen LogP contribution >= 0.6 is 0 Å². The minimum absolute atomic E-state index is 0.00578. The minimum atomic E-state index is -5.02. The van der Waals surface area contributed by atoms with Crippen LogP contribution in [0.4, 0.5) is 24.5 Å². The van der Waals surface area contributed by atoms with E-state index in [1.807, 2.05) is 59.5 Å². The monoisotopic (exact) mass is 524 g/mol. The van der Waals surface area contributed by atoms with Crippen molar-refractivity contribution in [2.75, 3.05) is 18.9 Å². The Morgan fingerprint density at radius 3 is 2.34 bits per heavy atom. The van der Waals surface area contributed by atoms with E-state index in [0.29, 0.717) is 35.7 Å². The molecule has 0 amide bonds. The molecule has 198 valence electrons. The second-order valence-electron chi connectivity index (χ2n) is 8.85. The summed E-state index contributed by atoms with van der Waals surface area (Å²) >= 11 is 0. The fourth-order valence-corrected chi connectivity index (χ4v) is 4.15. The van der Waals surface area contributed by atoms with E-state index in [1.165, 1.54) is 0 Å². The summed E-state index contributed by atoms with van der Waals surface area (Å²) in [6.45, 7) is 2.42. The minimum Gasteiger partial charge on any atom is -0.494 e. The van der Waals surface area contributed by atoms with Crippen molar-refractivity contribution < 1.29 is 27.8 Å². The molecular formula is C28H27F3N4O3. The van der Waals surface area contributed by atoms with E-state index in [2.05, 4.69) is 14.7 Å². The average molecular weight is 525 g/mol. The largest absolute Gasteiger partial charge is 0.494 e. The number of nitrogens with one attached hydrogen (secondary N) is 1. The zero-order valence-corrected chi connectivity index (χ0v) is 20.6. The van der Waals surface area contributed by atoms with Crippen LogP contribution in [0.1, 0.15) is 23.6 Å². The molecule has 0 aliphatic heterocycles. The Labute approximate surface area is 217 Å². The number of hydrogen-bond acceptors (Lipinski definition) is 6. The molecule has 1 aromatic heterocycles. The quantitative estimate of drug-likeness (QED) is 0.148. The number of ether oxygens (including phenoxy) is 1. The Kier molecular flexibility index (Phi) is 8.02. The van der Waals surface area contributed by atoms with Gasteiger partial charge in [-0.15, -0.1) is 0 Å². The number of halogens is 3. The first-order chi connectivity index (χ1) is 18.1. The number of nitrogens with zero attached hydrogens (tertiary/aromatic N) is 2. The number of carbonyl (C=O) groups is 1. The van der Waals surface area contributed by atoms with Gasteiger partial charge in [-0.3, -0.25) is 9.89 Å². The van der Waals surface area contributed by atoms with E-state index in [1.54, 1.807) is 25.1 Å². The van der Waals surface area contributed by atoms with Crippen LogP contribution < -0.4 is 5.73 Å². The summed E-state index contributed by atoms with van der Waals surface area (Å²) in [5.41, 5.74) is 10.9. The Morgan fingerprint density at radius 2 is 1.68 bits per heavy atom. The molecule has 1 heterocycles. The molecule has 0 atom stereocenters. The Balaban J connectivity index is 1.47. The second-order valence-corrected chi connectivity index (χ2v) is 8.85. The van der Waals surface area contributed by atoms with Crippen LogP contribution in [0, 0.1) is 0 Å². The zero-order chi connectivity index (χ0) is 27.3. The standard InChI is InChI=1S/C28H27F3N4O3/c1-18(25-23-15-21(32)9-12-24(23)34-26(25)36)33-22-10-7-20(8-11-22)17-35(16-19-5-3-2-4-6-19)13-14-38-27(37)28(29,30)31/h2-12,15,34,36H,13-14,16-17,32H2,1H3. The summed E-state index contributed by atoms with van der Waals surface area (Å²) in [5, 5.41) is 11.2. The number of aliphatic imine (C=N–C) groups is 1. The molecule has 0 spiro atoms. The van der Waals surface area contributed by atoms with Gasteiger partial charge in [0.25, 0.3) is 0 Å². The van der Waals surface area contributed by atoms with Gasteiger partial charge in [0.15, 0.2) is 5.88 Å². The molecule has 4 N–H and O–H groups in total. The van der Waals surface area contributed by atoms with Crippen LogP contribution in [-0.2, 0) is 22.6 Å². The van der Waals surface area contributed by atoms with Gasteiger partial charge >= 0.3 is 12.1 Å². The summed E-state index contributed by atoms with van der Waals surface area (Å²) < 4.78 is 41.9. The van der Waals surface area contributed by atoms with Gasteiger partial charge in [-0.2, -0.15) is 13.2 Å². The van der Waals surface area contributed by atoms with Gasteiger partial charge in [-0.25, -0.2) is 4.79 Å². The Hall–Kier alpha value is -4.31. The fraction of sp³-hybridized carbons (Fsp3) is 0.214. The van der Waals surface area contributed by atoms with Gasteiger partial charge in [-0.05, 0) is 48.4 Å². The number of fused-ring (bicyclic) bond motifs is 1. The Morgan fingerprint density at radius 1 is 1.03 bits per heavy atom. The third kappa shape index (κ3) is 6.71. The molecular weight excluding hydrogens is 497 g/mol. The molecule has 0 unspecified atom stereocenters. The lowest BCUT2D eigenvalue weighted by Gasteiger charge is -2.22. The molecule has 10 heteroatoms. The maximum Gasteiger partial charge on any atom is 0.490 e. The number of benzene rings is 3. The van der Waals surface area contributed by atoms with Crippen molar-refractivity contribution in [3.63, 3.8) is 0 Å². The maximum atomic E-state index is 12.5. The van der Waals surface area contributed by atoms with Gasteiger partial charge in [0.2, 0.25) is 0 Å². The SMILES string of the molecule is CC(=Nc1ccc(CN(CCOC(=O)C(F)(F)F)Cc2ccccc2)cc1)c1c(O)[nH]c2ccc(N)cc12. The highest BCUT2D eigenvalue weighted by Gasteiger charge is 2.40. The fourth-order valence-electron chi connectivity index (χ4n) is 4.15. The van der Waals surface area contributed by atoms with Crippen molar-refractivity contribution in [3.05, 3.63) is 89.5 Å². The molecule has 4 aromatic rings. The number of anilines is 1. The highest BCUT2D eigenvalue weighted by Crippen LogP contribution is 2.30. The number of H-pyrrole nitrogens is 1. The summed E-state index contributed by atoms with van der Waals surface area (Å²) in [6.07, 6.45) is -5.02. The summed E-state index contributed by atoms with van der Waals surface area (Å²) in [4.78, 5) is 20.5. The number of nitrogens with two attached hydrogens (primary N) is 1. The summed E-state index contributed by atoms with van der Waals surface area (Å²) in [6, 6.07) is 22.2. The molecule has 0 fully saturated rings. The number of esters is 1. The van der Waals surface area contributed by atoms with E-state index in [9.17, 15) is 23.1 Å². The van der Waals surface area contributed by atoms with Crippen LogP contribution in [0.25, 0.3) is 10.9 Å². The molecule has 0 aliphatic rings. The van der Waals surface area contributed by atoms with Crippen LogP contribution in [-0.4, -0.2) is 46.0 Å². The molecule has 0 saturated heterocycles. The number of aromatic nitrogens is 1. The number of aromatic hydroxyl groups is 1. The van der Waals surface area contributed by atoms with Gasteiger partial charge in [0.1, 0.15) is 6.61 Å². The van der Waals surface area contributed by atoms with Gasteiger partial charge in [0.05, 0.1) is 17.0 Å². The normalized spacial score (nSPS) is 12.3. The lowest BCUT2D eigenvalue weighted by atomic mass is 10.1. The van der Waals surface area contributed by atoms with E-state index in [-0.39, 0.29) is 19.0 Å². The Bertz CT molecular complexity index is 1430.